The van der Waals surface area contributed by atoms with E-state index in [-0.39, 0.29) is 28.3 Å². The second-order valence-electron chi connectivity index (χ2n) is 5.54. The van der Waals surface area contributed by atoms with Gasteiger partial charge in [0.05, 0.1) is 11.3 Å². The molecule has 1 aliphatic carbocycles. The predicted octanol–water partition coefficient (Wildman–Crippen LogP) is 3.73. The van der Waals surface area contributed by atoms with Crippen molar-refractivity contribution in [3.05, 3.63) is 41.4 Å². The summed E-state index contributed by atoms with van der Waals surface area (Å²) in [7, 11) is 0. The lowest BCUT2D eigenvalue weighted by Crippen LogP contribution is -2.26. The zero-order chi connectivity index (χ0) is 14.0. The van der Waals surface area contributed by atoms with Gasteiger partial charge in [-0.25, -0.2) is 4.39 Å². The first kappa shape index (κ1) is 13.5. The quantitative estimate of drug-likeness (QED) is 0.825. The number of hydrogen-bond donors (Lipinski definition) is 1. The van der Waals surface area contributed by atoms with Gasteiger partial charge in [0, 0.05) is 19.1 Å². The van der Waals surface area contributed by atoms with Gasteiger partial charge in [0.2, 0.25) is 0 Å². The maximum atomic E-state index is 13.0. The number of benzene rings is 1. The summed E-state index contributed by atoms with van der Waals surface area (Å²) in [6.45, 7) is 3.86. The van der Waals surface area contributed by atoms with Gasteiger partial charge in [-0.05, 0) is 23.6 Å². The van der Waals surface area contributed by atoms with Crippen LogP contribution in [0.5, 0.6) is 0 Å². The molecule has 0 saturated heterocycles. The third-order valence-electron chi connectivity index (χ3n) is 3.05. The summed E-state index contributed by atoms with van der Waals surface area (Å²) < 4.78 is 13.0. The number of hydrogen-bond acceptors (Lipinski definition) is 3. The smallest absolute Gasteiger partial charge is 0.168 e. The minimum atomic E-state index is -0.385. The van der Waals surface area contributed by atoms with Crippen LogP contribution in [-0.4, -0.2) is 17.1 Å². The summed E-state index contributed by atoms with van der Waals surface area (Å²) in [5.74, 6) is -0.459. The molecule has 0 aromatic heterocycles. The molecule has 100 valence electrons. The molecule has 3 nitrogen and oxygen atoms in total. The van der Waals surface area contributed by atoms with E-state index in [1.165, 1.54) is 18.3 Å². The third-order valence-corrected chi connectivity index (χ3v) is 3.05. The number of aliphatic imine (C=N–C) groups is 1. The molecule has 4 heteroatoms. The molecule has 1 aromatic rings. The van der Waals surface area contributed by atoms with Crippen LogP contribution in [0.4, 0.5) is 10.1 Å². The van der Waals surface area contributed by atoms with Crippen molar-refractivity contribution in [1.82, 2.24) is 0 Å². The summed E-state index contributed by atoms with van der Waals surface area (Å²) in [5.41, 5.74) is 0.415. The lowest BCUT2D eigenvalue weighted by atomic mass is 9.77. The second kappa shape index (κ2) is 4.96. The molecule has 0 amide bonds. The molecule has 1 aromatic carbocycles. The molecule has 0 heterocycles. The maximum absolute atomic E-state index is 13.0. The fraction of sp³-hybridized carbons (Fsp3) is 0.333. The van der Waals surface area contributed by atoms with Gasteiger partial charge in [-0.2, -0.15) is 0 Å². The molecule has 19 heavy (non-hydrogen) atoms. The number of carbonyl (C=O) groups is 1. The predicted molar refractivity (Wildman–Crippen MR) is 72.2 cm³/mol. The molecule has 0 unspecified atom stereocenters. The molecule has 0 bridgehead atoms. The summed E-state index contributed by atoms with van der Waals surface area (Å²) >= 11 is 0. The minimum absolute atomic E-state index is 0.0569. The number of allylic oxidation sites excluding steroid dienone is 2. The first-order valence-corrected chi connectivity index (χ1v) is 6.12. The van der Waals surface area contributed by atoms with Crippen LogP contribution in [0.15, 0.2) is 40.6 Å². The molecule has 0 aliphatic heterocycles. The van der Waals surface area contributed by atoms with Crippen LogP contribution in [0, 0.1) is 11.2 Å². The molecule has 0 fully saturated rings. The Hall–Kier alpha value is -1.97. The van der Waals surface area contributed by atoms with Gasteiger partial charge in [-0.3, -0.25) is 9.79 Å². The molecule has 1 aliphatic rings. The van der Waals surface area contributed by atoms with E-state index in [9.17, 15) is 14.3 Å². The standard InChI is InChI=1S/C15H16FNO2/c1-15(2)7-13(18)12(14(19)8-15)9-17-11-5-3-4-10(16)6-11/h3-6,9,18H,7-8H2,1-2H3. The van der Waals surface area contributed by atoms with E-state index >= 15 is 0 Å². The molecule has 1 N–H and O–H groups in total. The average molecular weight is 261 g/mol. The Kier molecular flexibility index (Phi) is 3.51. The monoisotopic (exact) mass is 261 g/mol. The zero-order valence-electron chi connectivity index (χ0n) is 11.0. The normalized spacial score (nSPS) is 19.2. The van der Waals surface area contributed by atoms with Crippen molar-refractivity contribution < 1.29 is 14.3 Å². The van der Waals surface area contributed by atoms with Gasteiger partial charge in [0.1, 0.15) is 11.6 Å². The molecule has 0 saturated carbocycles. The van der Waals surface area contributed by atoms with Gasteiger partial charge in [0.15, 0.2) is 5.78 Å². The van der Waals surface area contributed by atoms with E-state index in [1.807, 2.05) is 13.8 Å². The van der Waals surface area contributed by atoms with Crippen molar-refractivity contribution in [2.24, 2.45) is 10.4 Å². The number of ketones is 1. The Balaban J connectivity index is 2.25. The van der Waals surface area contributed by atoms with Crippen LogP contribution in [0.3, 0.4) is 0 Å². The van der Waals surface area contributed by atoms with Crippen molar-refractivity contribution in [1.29, 1.82) is 0 Å². The van der Waals surface area contributed by atoms with Crippen molar-refractivity contribution in [3.8, 4) is 0 Å². The van der Waals surface area contributed by atoms with Crippen LogP contribution in [0.2, 0.25) is 0 Å². The van der Waals surface area contributed by atoms with E-state index in [4.69, 9.17) is 0 Å². The summed E-state index contributed by atoms with van der Waals surface area (Å²) in [4.78, 5) is 16.0. The maximum Gasteiger partial charge on any atom is 0.168 e. The molecular formula is C15H16FNO2. The van der Waals surface area contributed by atoms with Crippen molar-refractivity contribution in [3.63, 3.8) is 0 Å². The van der Waals surface area contributed by atoms with E-state index in [2.05, 4.69) is 4.99 Å². The SMILES string of the molecule is CC1(C)CC(=O)C(C=Nc2cccc(F)c2)=C(O)C1. The Bertz CT molecular complexity index is 573. The average Bonchev–Trinajstić information content (AvgIpc) is 2.26. The van der Waals surface area contributed by atoms with Gasteiger partial charge < -0.3 is 5.11 Å². The number of halogens is 1. The fourth-order valence-corrected chi connectivity index (χ4v) is 2.14. The van der Waals surface area contributed by atoms with Crippen LogP contribution in [-0.2, 0) is 4.79 Å². The largest absolute Gasteiger partial charge is 0.511 e. The van der Waals surface area contributed by atoms with Crippen LogP contribution in [0.25, 0.3) is 0 Å². The number of nitrogens with zero attached hydrogens (tertiary/aromatic N) is 1. The van der Waals surface area contributed by atoms with Crippen LogP contribution < -0.4 is 0 Å². The van der Waals surface area contributed by atoms with Gasteiger partial charge in [-0.1, -0.05) is 19.9 Å². The third kappa shape index (κ3) is 3.28. The van der Waals surface area contributed by atoms with E-state index in [0.717, 1.165) is 0 Å². The lowest BCUT2D eigenvalue weighted by Gasteiger charge is -2.28. The van der Waals surface area contributed by atoms with Gasteiger partial charge in [-0.15, -0.1) is 0 Å². The molecule has 2 rings (SSSR count). The van der Waals surface area contributed by atoms with Gasteiger partial charge in [0.25, 0.3) is 0 Å². The number of aliphatic hydroxyl groups excluding tert-OH is 1. The Morgan fingerprint density at radius 3 is 2.74 bits per heavy atom. The Labute approximate surface area is 111 Å². The highest BCUT2D eigenvalue weighted by molar-refractivity contribution is 6.14. The molecule has 0 atom stereocenters. The summed E-state index contributed by atoms with van der Waals surface area (Å²) in [6.07, 6.45) is 2.15. The first-order chi connectivity index (χ1) is 8.87. The lowest BCUT2D eigenvalue weighted by molar-refractivity contribution is -0.117. The summed E-state index contributed by atoms with van der Waals surface area (Å²) in [5, 5.41) is 9.90. The minimum Gasteiger partial charge on any atom is -0.511 e. The number of carbonyl (C=O) groups excluding carboxylic acids is 1. The van der Waals surface area contributed by atoms with Crippen molar-refractivity contribution >= 4 is 17.7 Å². The number of aliphatic hydroxyl groups is 1. The zero-order valence-corrected chi connectivity index (χ0v) is 11.0. The highest BCUT2D eigenvalue weighted by Crippen LogP contribution is 2.35. The Morgan fingerprint density at radius 1 is 1.37 bits per heavy atom. The highest BCUT2D eigenvalue weighted by Gasteiger charge is 2.32. The van der Waals surface area contributed by atoms with Crippen molar-refractivity contribution in [2.45, 2.75) is 26.7 Å². The van der Waals surface area contributed by atoms with Crippen LogP contribution in [0.1, 0.15) is 26.7 Å². The number of Topliss-reactive ketones (excluding diaryl/α,β-unsaturated/α-hetero) is 1. The van der Waals surface area contributed by atoms with Crippen LogP contribution >= 0.6 is 0 Å². The summed E-state index contributed by atoms with van der Waals surface area (Å²) in [6, 6.07) is 5.77. The van der Waals surface area contributed by atoms with Crippen molar-refractivity contribution in [2.75, 3.05) is 0 Å². The Morgan fingerprint density at radius 2 is 2.11 bits per heavy atom. The molecule has 0 radical (unpaired) electrons. The second-order valence-corrected chi connectivity index (χ2v) is 5.54. The number of rotatable bonds is 2. The topological polar surface area (TPSA) is 49.7 Å². The highest BCUT2D eigenvalue weighted by atomic mass is 19.1. The first-order valence-electron chi connectivity index (χ1n) is 6.12. The molecule has 0 spiro atoms. The van der Waals surface area contributed by atoms with E-state index in [0.29, 0.717) is 18.5 Å². The van der Waals surface area contributed by atoms with E-state index < -0.39 is 0 Å². The fourth-order valence-electron chi connectivity index (χ4n) is 2.14. The van der Waals surface area contributed by atoms with Gasteiger partial charge >= 0.3 is 0 Å². The molecular weight excluding hydrogens is 245 g/mol. The van der Waals surface area contributed by atoms with E-state index in [1.54, 1.807) is 12.1 Å².